The van der Waals surface area contributed by atoms with Crippen molar-refractivity contribution in [1.82, 2.24) is 0 Å². The first-order valence-corrected chi connectivity index (χ1v) is 6.79. The van der Waals surface area contributed by atoms with Gasteiger partial charge in [0.2, 0.25) is 0 Å². The second-order valence-electron chi connectivity index (χ2n) is 3.74. The van der Waals surface area contributed by atoms with E-state index >= 15 is 0 Å². The van der Waals surface area contributed by atoms with Crippen molar-refractivity contribution in [1.29, 1.82) is 0 Å². The van der Waals surface area contributed by atoms with Gasteiger partial charge in [0, 0.05) is 16.7 Å². The lowest BCUT2D eigenvalue weighted by molar-refractivity contribution is 0.611. The van der Waals surface area contributed by atoms with Gasteiger partial charge in [-0.1, -0.05) is 26.0 Å². The van der Waals surface area contributed by atoms with Gasteiger partial charge >= 0.3 is 0 Å². The van der Waals surface area contributed by atoms with Crippen molar-refractivity contribution in [2.45, 2.75) is 24.9 Å². The fourth-order valence-corrected chi connectivity index (χ4v) is 2.64. The third-order valence-corrected chi connectivity index (χ3v) is 3.97. The molecule has 3 heteroatoms. The number of benzene rings is 1. The second-order valence-corrected chi connectivity index (χ2v) is 6.16. The number of rotatable bonds is 3. The summed E-state index contributed by atoms with van der Waals surface area (Å²) in [5.41, 5.74) is 2.24. The van der Waals surface area contributed by atoms with Gasteiger partial charge in [-0.25, -0.2) is 0 Å². The Kier molecular flexibility index (Phi) is 3.42. The predicted octanol–water partition coefficient (Wildman–Crippen LogP) is 4.84. The molecule has 0 aliphatic carbocycles. The molecule has 0 saturated heterocycles. The Balaban J connectivity index is 2.33. The van der Waals surface area contributed by atoms with Crippen molar-refractivity contribution in [2.75, 3.05) is 0 Å². The van der Waals surface area contributed by atoms with Gasteiger partial charge in [-0.05, 0) is 27.2 Å². The van der Waals surface area contributed by atoms with Crippen molar-refractivity contribution in [3.05, 3.63) is 34.5 Å². The summed E-state index contributed by atoms with van der Waals surface area (Å²) in [6, 6.07) is 6.16. The minimum atomic E-state index is 0.655. The lowest BCUT2D eigenvalue weighted by atomic mass is 10.2. The summed E-state index contributed by atoms with van der Waals surface area (Å²) in [5, 5.41) is 1.87. The molecule has 0 unspecified atom stereocenters. The van der Waals surface area contributed by atoms with Crippen molar-refractivity contribution in [3.63, 3.8) is 0 Å². The van der Waals surface area contributed by atoms with Crippen LogP contribution in [0.5, 0.6) is 0 Å². The van der Waals surface area contributed by atoms with Crippen LogP contribution in [0.15, 0.2) is 33.4 Å². The molecule has 0 atom stereocenters. The van der Waals surface area contributed by atoms with Crippen LogP contribution in [0.3, 0.4) is 0 Å². The van der Waals surface area contributed by atoms with Gasteiger partial charge < -0.3 is 4.42 Å². The van der Waals surface area contributed by atoms with Gasteiger partial charge in [0.15, 0.2) is 0 Å². The van der Waals surface area contributed by atoms with Crippen molar-refractivity contribution in [3.8, 4) is 0 Å². The van der Waals surface area contributed by atoms with E-state index in [4.69, 9.17) is 4.42 Å². The minimum Gasteiger partial charge on any atom is -0.463 e. The summed E-state index contributed by atoms with van der Waals surface area (Å²) in [5.74, 6) is 1.02. The fourth-order valence-electron chi connectivity index (χ4n) is 1.44. The third kappa shape index (κ3) is 2.40. The molecule has 0 radical (unpaired) electrons. The molecular weight excluding hydrogens is 272 g/mol. The molecule has 1 nitrogen and oxygen atoms in total. The molecule has 0 amide bonds. The summed E-state index contributed by atoms with van der Waals surface area (Å²) >= 11 is 5.42. The number of furan rings is 1. The molecule has 15 heavy (non-hydrogen) atoms. The predicted molar refractivity (Wildman–Crippen MR) is 70.3 cm³/mol. The number of halogens is 1. The SMILES string of the molecule is CC(C)SCc1coc2c(Br)cccc12. The van der Waals surface area contributed by atoms with E-state index in [1.165, 1.54) is 10.9 Å². The largest absolute Gasteiger partial charge is 0.463 e. The highest BCUT2D eigenvalue weighted by Crippen LogP contribution is 2.30. The first-order chi connectivity index (χ1) is 7.18. The van der Waals surface area contributed by atoms with E-state index in [-0.39, 0.29) is 0 Å². The topological polar surface area (TPSA) is 13.1 Å². The summed E-state index contributed by atoms with van der Waals surface area (Å²) in [6.07, 6.45) is 1.87. The van der Waals surface area contributed by atoms with Crippen LogP contribution in [-0.2, 0) is 5.75 Å². The van der Waals surface area contributed by atoms with E-state index in [9.17, 15) is 0 Å². The molecule has 1 aromatic carbocycles. The molecule has 0 fully saturated rings. The quantitative estimate of drug-likeness (QED) is 0.800. The van der Waals surface area contributed by atoms with Crippen LogP contribution in [0, 0.1) is 0 Å². The molecule has 0 N–H and O–H groups in total. The number of hydrogen-bond donors (Lipinski definition) is 0. The first-order valence-electron chi connectivity index (χ1n) is 4.94. The Morgan fingerprint density at radius 1 is 1.40 bits per heavy atom. The molecule has 2 rings (SSSR count). The van der Waals surface area contributed by atoms with Gasteiger partial charge in [0.1, 0.15) is 5.58 Å². The highest BCUT2D eigenvalue weighted by atomic mass is 79.9. The van der Waals surface area contributed by atoms with Crippen LogP contribution >= 0.6 is 27.7 Å². The van der Waals surface area contributed by atoms with Crippen LogP contribution in [0.1, 0.15) is 19.4 Å². The maximum atomic E-state index is 5.55. The smallest absolute Gasteiger partial charge is 0.148 e. The summed E-state index contributed by atoms with van der Waals surface area (Å²) in [6.45, 7) is 4.42. The summed E-state index contributed by atoms with van der Waals surface area (Å²) < 4.78 is 6.58. The maximum absolute atomic E-state index is 5.55. The van der Waals surface area contributed by atoms with Gasteiger partial charge in [0.25, 0.3) is 0 Å². The number of thioether (sulfide) groups is 1. The number of hydrogen-bond acceptors (Lipinski definition) is 2. The maximum Gasteiger partial charge on any atom is 0.148 e. The van der Waals surface area contributed by atoms with Crippen molar-refractivity contribution >= 4 is 38.7 Å². The lowest BCUT2D eigenvalue weighted by Crippen LogP contribution is -1.87. The van der Waals surface area contributed by atoms with Crippen molar-refractivity contribution < 1.29 is 4.42 Å². The highest BCUT2D eigenvalue weighted by Gasteiger charge is 2.08. The van der Waals surface area contributed by atoms with E-state index in [1.807, 2.05) is 30.2 Å². The molecule has 0 aliphatic rings. The van der Waals surface area contributed by atoms with Crippen LogP contribution < -0.4 is 0 Å². The molecule has 1 heterocycles. The zero-order valence-corrected chi connectivity index (χ0v) is 11.2. The lowest BCUT2D eigenvalue weighted by Gasteiger charge is -2.02. The molecule has 0 aliphatic heterocycles. The van der Waals surface area contributed by atoms with E-state index in [2.05, 4.69) is 35.8 Å². The Morgan fingerprint density at radius 2 is 2.20 bits per heavy atom. The van der Waals surface area contributed by atoms with E-state index < -0.39 is 0 Å². The Bertz CT molecular complexity index is 462. The molecule has 80 valence electrons. The molecular formula is C12H13BrOS. The van der Waals surface area contributed by atoms with Gasteiger partial charge in [-0.3, -0.25) is 0 Å². The van der Waals surface area contributed by atoms with Gasteiger partial charge in [-0.15, -0.1) is 0 Å². The molecule has 0 spiro atoms. The molecule has 0 saturated carbocycles. The minimum absolute atomic E-state index is 0.655. The normalized spacial score (nSPS) is 11.5. The number of fused-ring (bicyclic) bond motifs is 1. The Morgan fingerprint density at radius 3 is 2.93 bits per heavy atom. The molecule has 1 aromatic heterocycles. The van der Waals surface area contributed by atoms with Crippen LogP contribution in [-0.4, -0.2) is 5.25 Å². The van der Waals surface area contributed by atoms with E-state index in [0.717, 1.165) is 15.8 Å². The molecule has 2 aromatic rings. The average Bonchev–Trinajstić information content (AvgIpc) is 2.59. The third-order valence-electron chi connectivity index (χ3n) is 2.20. The van der Waals surface area contributed by atoms with Crippen LogP contribution in [0.2, 0.25) is 0 Å². The molecule has 0 bridgehead atoms. The highest BCUT2D eigenvalue weighted by molar-refractivity contribution is 9.10. The zero-order valence-electron chi connectivity index (χ0n) is 8.79. The standard InChI is InChI=1S/C12H13BrOS/c1-8(2)15-7-9-6-14-12-10(9)4-3-5-11(12)13/h3-6,8H,7H2,1-2H3. The summed E-state index contributed by atoms with van der Waals surface area (Å²) in [7, 11) is 0. The van der Waals surface area contributed by atoms with Crippen LogP contribution in [0.4, 0.5) is 0 Å². The average molecular weight is 285 g/mol. The second kappa shape index (κ2) is 4.62. The monoisotopic (exact) mass is 284 g/mol. The Hall–Kier alpha value is -0.410. The summed E-state index contributed by atoms with van der Waals surface area (Å²) in [4.78, 5) is 0. The van der Waals surface area contributed by atoms with Crippen LogP contribution in [0.25, 0.3) is 11.0 Å². The van der Waals surface area contributed by atoms with Gasteiger partial charge in [0.05, 0.1) is 10.7 Å². The van der Waals surface area contributed by atoms with E-state index in [0.29, 0.717) is 5.25 Å². The van der Waals surface area contributed by atoms with Crippen molar-refractivity contribution in [2.24, 2.45) is 0 Å². The zero-order chi connectivity index (χ0) is 10.8. The fraction of sp³-hybridized carbons (Fsp3) is 0.333. The Labute approximate surface area is 102 Å². The first kappa shape index (κ1) is 11.1. The van der Waals surface area contributed by atoms with E-state index in [1.54, 1.807) is 0 Å². The number of para-hydroxylation sites is 1. The van der Waals surface area contributed by atoms with Gasteiger partial charge in [-0.2, -0.15) is 11.8 Å².